The number of ether oxygens (including phenoxy) is 2. The van der Waals surface area contributed by atoms with Crippen molar-refractivity contribution in [1.82, 2.24) is 4.98 Å². The van der Waals surface area contributed by atoms with E-state index in [-0.39, 0.29) is 12.5 Å². The zero-order valence-corrected chi connectivity index (χ0v) is 20.7. The van der Waals surface area contributed by atoms with E-state index in [0.29, 0.717) is 16.3 Å². The Bertz CT molecular complexity index is 1150. The molecule has 0 bridgehead atoms. The molecule has 1 aromatic heterocycles. The van der Waals surface area contributed by atoms with Crippen LogP contribution in [0.15, 0.2) is 95.0 Å². The maximum absolute atomic E-state index is 13.7. The van der Waals surface area contributed by atoms with Gasteiger partial charge in [0, 0.05) is 19.0 Å². The lowest BCUT2D eigenvalue weighted by Crippen LogP contribution is -2.42. The summed E-state index contributed by atoms with van der Waals surface area (Å²) in [5.41, 5.74) is 0.308. The van der Waals surface area contributed by atoms with Gasteiger partial charge >= 0.3 is 0 Å². The molecule has 1 aliphatic rings. The Balaban J connectivity index is 1.68. The number of nitrogens with zero attached hydrogens (tertiary/aromatic N) is 1. The third-order valence-electron chi connectivity index (χ3n) is 5.73. The minimum Gasteiger partial charge on any atom is -0.344 e. The van der Waals surface area contributed by atoms with Gasteiger partial charge in [-0.2, -0.15) is 0 Å². The second kappa shape index (κ2) is 9.58. The van der Waals surface area contributed by atoms with Crippen molar-refractivity contribution < 1.29 is 17.9 Å². The van der Waals surface area contributed by atoms with Crippen LogP contribution in [0.1, 0.15) is 32.8 Å². The first-order valence-corrected chi connectivity index (χ1v) is 13.4. The number of pyridine rings is 1. The van der Waals surface area contributed by atoms with E-state index in [2.05, 4.69) is 17.1 Å². The molecule has 0 N–H and O–H groups in total. The summed E-state index contributed by atoms with van der Waals surface area (Å²) in [6.07, 6.45) is 2.26. The number of rotatable bonds is 8. The topological polar surface area (TPSA) is 65.5 Å². The lowest BCUT2D eigenvalue weighted by molar-refractivity contribution is -0.160. The summed E-state index contributed by atoms with van der Waals surface area (Å²) in [6.45, 7) is 5.72. The van der Waals surface area contributed by atoms with Crippen molar-refractivity contribution in [1.29, 1.82) is 0 Å². The normalized spacial score (nSPS) is 23.3. The average molecular weight is 484 g/mol. The van der Waals surface area contributed by atoms with Crippen molar-refractivity contribution >= 4 is 21.6 Å². The van der Waals surface area contributed by atoms with E-state index in [0.717, 1.165) is 5.56 Å². The van der Waals surface area contributed by atoms with Crippen LogP contribution in [0.25, 0.3) is 0 Å². The quantitative estimate of drug-likeness (QED) is 0.393. The molecule has 4 rings (SSSR count). The molecule has 0 aliphatic carbocycles. The van der Waals surface area contributed by atoms with E-state index >= 15 is 0 Å². The summed E-state index contributed by atoms with van der Waals surface area (Å²) in [7, 11) is -3.67. The monoisotopic (exact) mass is 483 g/mol. The van der Waals surface area contributed by atoms with Gasteiger partial charge in [-0.15, -0.1) is 0 Å². The molecule has 1 aliphatic heterocycles. The third-order valence-corrected chi connectivity index (χ3v) is 9.48. The highest BCUT2D eigenvalue weighted by Crippen LogP contribution is 2.45. The highest BCUT2D eigenvalue weighted by atomic mass is 32.3. The minimum absolute atomic E-state index is 0.256. The zero-order chi connectivity index (χ0) is 23.5. The first kappa shape index (κ1) is 24.0. The lowest BCUT2D eigenvalue weighted by atomic mass is 9.91. The molecule has 1 saturated heterocycles. The van der Waals surface area contributed by atoms with Crippen molar-refractivity contribution in [3.63, 3.8) is 0 Å². The van der Waals surface area contributed by atoms with Crippen molar-refractivity contribution in [3.8, 4) is 0 Å². The van der Waals surface area contributed by atoms with Crippen LogP contribution in [0.2, 0.25) is 0 Å². The molecule has 7 heteroatoms. The standard InChI is InChI=1S/C26H29NO4S2/c1-25(2)30-22(18-20-12-6-4-7-13-20)26(3,31-25)19-24(32-23-16-10-11-17-27-23)33(28,29)21-14-8-5-9-15-21/h4-17,22,24H,18-19H2,1-3H3/t22-,24?,26-/m1/s1. The van der Waals surface area contributed by atoms with Crippen LogP contribution in [0, 0.1) is 0 Å². The van der Waals surface area contributed by atoms with Gasteiger partial charge in [0.2, 0.25) is 0 Å². The van der Waals surface area contributed by atoms with E-state index in [1.165, 1.54) is 11.8 Å². The molecule has 0 amide bonds. The smallest absolute Gasteiger partial charge is 0.191 e. The molecule has 174 valence electrons. The van der Waals surface area contributed by atoms with Crippen molar-refractivity contribution in [2.24, 2.45) is 0 Å². The van der Waals surface area contributed by atoms with E-state index in [4.69, 9.17) is 9.47 Å². The highest BCUT2D eigenvalue weighted by molar-refractivity contribution is 8.13. The molecule has 3 aromatic rings. The zero-order valence-electron chi connectivity index (χ0n) is 19.0. The van der Waals surface area contributed by atoms with Crippen molar-refractivity contribution in [3.05, 3.63) is 90.6 Å². The number of aromatic nitrogens is 1. The first-order valence-electron chi connectivity index (χ1n) is 11.0. The van der Waals surface area contributed by atoms with Crippen LogP contribution in [0.4, 0.5) is 0 Å². The largest absolute Gasteiger partial charge is 0.344 e. The SMILES string of the molecule is CC1(C)O[C@H](Cc2ccccc2)[C@@](C)(CC(Sc2ccccn2)S(=O)(=O)c2ccccc2)O1. The predicted molar refractivity (Wildman–Crippen MR) is 131 cm³/mol. The van der Waals surface area contributed by atoms with Crippen LogP contribution < -0.4 is 0 Å². The maximum Gasteiger partial charge on any atom is 0.191 e. The summed E-state index contributed by atoms with van der Waals surface area (Å²) < 4.78 is 39.4. The molecule has 2 heterocycles. The Kier molecular flexibility index (Phi) is 6.96. The summed E-state index contributed by atoms with van der Waals surface area (Å²) in [5.74, 6) is -0.815. The Morgan fingerprint density at radius 1 is 0.939 bits per heavy atom. The molecule has 0 spiro atoms. The first-order chi connectivity index (χ1) is 15.7. The third kappa shape index (κ3) is 5.66. The van der Waals surface area contributed by atoms with Crippen LogP contribution >= 0.6 is 11.8 Å². The number of hydrogen-bond acceptors (Lipinski definition) is 6. The predicted octanol–water partition coefficient (Wildman–Crippen LogP) is 5.52. The average Bonchev–Trinajstić information content (AvgIpc) is 3.02. The Morgan fingerprint density at radius 3 is 2.21 bits per heavy atom. The van der Waals surface area contributed by atoms with Gasteiger partial charge in [0.1, 0.15) is 4.58 Å². The fourth-order valence-corrected chi connectivity index (χ4v) is 7.73. The van der Waals surface area contributed by atoms with E-state index in [9.17, 15) is 8.42 Å². The molecule has 3 atom stereocenters. The van der Waals surface area contributed by atoms with Crippen molar-refractivity contribution in [2.75, 3.05) is 0 Å². The second-order valence-corrected chi connectivity index (χ2v) is 12.5. The summed E-state index contributed by atoms with van der Waals surface area (Å²) in [5, 5.41) is 0.656. The molecule has 5 nitrogen and oxygen atoms in total. The van der Waals surface area contributed by atoms with Crippen molar-refractivity contribution in [2.45, 2.75) is 65.6 Å². The van der Waals surface area contributed by atoms with Gasteiger partial charge in [-0.25, -0.2) is 13.4 Å². The van der Waals surface area contributed by atoms with Crippen LogP contribution in [-0.2, 0) is 25.7 Å². The second-order valence-electron chi connectivity index (χ2n) is 8.89. The molecule has 2 aromatic carbocycles. The van der Waals surface area contributed by atoms with Gasteiger partial charge in [0.15, 0.2) is 15.6 Å². The van der Waals surface area contributed by atoms with Gasteiger partial charge < -0.3 is 9.47 Å². The molecule has 1 unspecified atom stereocenters. The number of hydrogen-bond donors (Lipinski definition) is 0. The molecule has 33 heavy (non-hydrogen) atoms. The fourth-order valence-electron chi connectivity index (χ4n) is 4.24. The number of benzene rings is 2. The van der Waals surface area contributed by atoms with Crippen LogP contribution in [0.5, 0.6) is 0 Å². The van der Waals surface area contributed by atoms with Crippen LogP contribution in [-0.4, -0.2) is 35.5 Å². The van der Waals surface area contributed by atoms with Gasteiger partial charge in [-0.1, -0.05) is 66.4 Å². The summed E-state index contributed by atoms with van der Waals surface area (Å²) >= 11 is 1.25. The molecule has 1 fully saturated rings. The Morgan fingerprint density at radius 2 is 1.58 bits per heavy atom. The molecule has 0 saturated carbocycles. The lowest BCUT2D eigenvalue weighted by Gasteiger charge is -2.32. The Labute approximate surface area is 200 Å². The number of sulfone groups is 1. The fraction of sp³-hybridized carbons (Fsp3) is 0.346. The van der Waals surface area contributed by atoms with Gasteiger partial charge in [-0.05, 0) is 50.6 Å². The van der Waals surface area contributed by atoms with E-state index in [1.54, 1.807) is 30.5 Å². The molecular weight excluding hydrogens is 454 g/mol. The summed E-state index contributed by atoms with van der Waals surface area (Å²) in [6, 6.07) is 24.2. The molecular formula is C26H29NO4S2. The van der Waals surface area contributed by atoms with Gasteiger partial charge in [-0.3, -0.25) is 0 Å². The van der Waals surface area contributed by atoms with Gasteiger partial charge in [0.25, 0.3) is 0 Å². The summed E-state index contributed by atoms with van der Waals surface area (Å²) in [4.78, 5) is 4.66. The van der Waals surface area contributed by atoms with E-state index in [1.807, 2.05) is 63.2 Å². The minimum atomic E-state index is -3.67. The van der Waals surface area contributed by atoms with Crippen LogP contribution in [0.3, 0.4) is 0 Å². The molecule has 0 radical (unpaired) electrons. The Hall–Kier alpha value is -2.19. The van der Waals surface area contributed by atoms with Gasteiger partial charge in [0.05, 0.1) is 21.6 Å². The number of thioether (sulfide) groups is 1. The van der Waals surface area contributed by atoms with E-state index < -0.39 is 25.8 Å². The highest BCUT2D eigenvalue weighted by Gasteiger charge is 2.52. The maximum atomic E-state index is 13.7.